The van der Waals surface area contributed by atoms with Gasteiger partial charge in [-0.15, -0.1) is 11.3 Å². The molecule has 0 N–H and O–H groups in total. The van der Waals surface area contributed by atoms with Crippen LogP contribution in [0, 0.1) is 19.8 Å². The maximum Gasteiger partial charge on any atom is 0.252 e. The third-order valence-electron chi connectivity index (χ3n) is 5.50. The fourth-order valence-electron chi connectivity index (χ4n) is 3.65. The van der Waals surface area contributed by atoms with Crippen LogP contribution < -0.4 is 0 Å². The van der Waals surface area contributed by atoms with E-state index in [0.29, 0.717) is 29.0 Å². The smallest absolute Gasteiger partial charge is 0.252 e. The van der Waals surface area contributed by atoms with Gasteiger partial charge in [0, 0.05) is 18.7 Å². The number of aromatic nitrogens is 1. The monoisotopic (exact) mass is 416 g/mol. The molecule has 3 aromatic rings. The van der Waals surface area contributed by atoms with Gasteiger partial charge in [-0.1, -0.05) is 35.5 Å². The highest BCUT2D eigenvalue weighted by Crippen LogP contribution is 2.36. The average molecular weight is 417 g/mol. The zero-order chi connectivity index (χ0) is 19.7. The predicted molar refractivity (Wildman–Crippen MR) is 111 cm³/mol. The zero-order valence-electron chi connectivity index (χ0n) is 16.1. The van der Waals surface area contributed by atoms with Crippen molar-refractivity contribution >= 4 is 21.4 Å². The second-order valence-corrected chi connectivity index (χ2v) is 10.6. The number of sulfonamides is 1. The van der Waals surface area contributed by atoms with E-state index in [1.807, 2.05) is 26.0 Å². The molecule has 4 rings (SSSR count). The van der Waals surface area contributed by atoms with Crippen LogP contribution in [0.15, 0.2) is 51.2 Å². The Labute approximate surface area is 170 Å². The highest BCUT2D eigenvalue weighted by atomic mass is 32.2. The number of nitrogens with zero attached hydrogens (tertiary/aromatic N) is 2. The molecule has 5 nitrogen and oxygen atoms in total. The van der Waals surface area contributed by atoms with Gasteiger partial charge in [0.2, 0.25) is 0 Å². The van der Waals surface area contributed by atoms with Crippen molar-refractivity contribution in [2.24, 2.45) is 5.92 Å². The summed E-state index contributed by atoms with van der Waals surface area (Å²) in [5.74, 6) is 1.19. The summed E-state index contributed by atoms with van der Waals surface area (Å²) in [5.41, 5.74) is 3.10. The van der Waals surface area contributed by atoms with Gasteiger partial charge in [0.25, 0.3) is 10.0 Å². The standard InChI is InChI=1S/C21H24N2O3S2/c1-15-16(2)22-26-21(15)19-8-9-20(27-19)28(24,25)23-12-10-18(11-13-23)14-17-6-4-3-5-7-17/h3-9,18H,10-14H2,1-2H3. The van der Waals surface area contributed by atoms with Crippen molar-refractivity contribution in [3.63, 3.8) is 0 Å². The Balaban J connectivity index is 1.44. The molecule has 0 atom stereocenters. The molecule has 0 bridgehead atoms. The highest BCUT2D eigenvalue weighted by Gasteiger charge is 2.31. The third kappa shape index (κ3) is 3.79. The van der Waals surface area contributed by atoms with Crippen LogP contribution in [0.1, 0.15) is 29.7 Å². The SMILES string of the molecule is Cc1noc(-c2ccc(S(=O)(=O)N3CCC(Cc4ccccc4)CC3)s2)c1C. The van der Waals surface area contributed by atoms with Gasteiger partial charge >= 0.3 is 0 Å². The Morgan fingerprint density at radius 2 is 1.82 bits per heavy atom. The average Bonchev–Trinajstić information content (AvgIpc) is 3.31. The second kappa shape index (κ2) is 7.81. The molecular weight excluding hydrogens is 392 g/mol. The highest BCUT2D eigenvalue weighted by molar-refractivity contribution is 7.91. The van der Waals surface area contributed by atoms with E-state index in [4.69, 9.17) is 4.52 Å². The number of piperidine rings is 1. The molecule has 0 unspecified atom stereocenters. The van der Waals surface area contributed by atoms with Gasteiger partial charge in [-0.25, -0.2) is 8.42 Å². The summed E-state index contributed by atoms with van der Waals surface area (Å²) in [7, 11) is -3.46. The van der Waals surface area contributed by atoms with Crippen LogP contribution in [0.25, 0.3) is 10.6 Å². The van der Waals surface area contributed by atoms with Crippen LogP contribution in [-0.2, 0) is 16.4 Å². The molecule has 0 aliphatic carbocycles. The minimum Gasteiger partial charge on any atom is -0.355 e. The molecule has 1 aliphatic rings. The summed E-state index contributed by atoms with van der Waals surface area (Å²) in [6.07, 6.45) is 2.81. The largest absolute Gasteiger partial charge is 0.355 e. The van der Waals surface area contributed by atoms with Crippen molar-refractivity contribution in [2.45, 2.75) is 37.3 Å². The Morgan fingerprint density at radius 1 is 1.11 bits per heavy atom. The first-order valence-electron chi connectivity index (χ1n) is 9.52. The molecule has 1 aromatic carbocycles. The van der Waals surface area contributed by atoms with E-state index < -0.39 is 10.0 Å². The first kappa shape index (κ1) is 19.4. The first-order valence-corrected chi connectivity index (χ1v) is 11.8. The van der Waals surface area contributed by atoms with E-state index in [1.165, 1.54) is 16.9 Å². The second-order valence-electron chi connectivity index (χ2n) is 7.38. The number of hydrogen-bond acceptors (Lipinski definition) is 5. The fourth-order valence-corrected chi connectivity index (χ4v) is 6.62. The lowest BCUT2D eigenvalue weighted by molar-refractivity contribution is 0.273. The summed E-state index contributed by atoms with van der Waals surface area (Å²) < 4.78 is 33.5. The molecule has 1 saturated heterocycles. The van der Waals surface area contributed by atoms with Crippen molar-refractivity contribution in [2.75, 3.05) is 13.1 Å². The van der Waals surface area contributed by atoms with Crippen molar-refractivity contribution in [1.82, 2.24) is 9.46 Å². The van der Waals surface area contributed by atoms with Crippen LogP contribution in [0.4, 0.5) is 0 Å². The minimum absolute atomic E-state index is 0.373. The molecule has 28 heavy (non-hydrogen) atoms. The lowest BCUT2D eigenvalue weighted by Crippen LogP contribution is -2.38. The molecule has 0 spiro atoms. The van der Waals surface area contributed by atoms with Gasteiger partial charge in [0.1, 0.15) is 4.21 Å². The van der Waals surface area contributed by atoms with Gasteiger partial charge in [0.05, 0.1) is 10.6 Å². The summed E-state index contributed by atoms with van der Waals surface area (Å²) >= 11 is 1.25. The lowest BCUT2D eigenvalue weighted by atomic mass is 9.91. The van der Waals surface area contributed by atoms with Crippen LogP contribution >= 0.6 is 11.3 Å². The van der Waals surface area contributed by atoms with Gasteiger partial charge in [0.15, 0.2) is 5.76 Å². The topological polar surface area (TPSA) is 63.4 Å². The van der Waals surface area contributed by atoms with Crippen molar-refractivity contribution in [3.05, 3.63) is 59.3 Å². The van der Waals surface area contributed by atoms with Gasteiger partial charge in [-0.3, -0.25) is 0 Å². The van der Waals surface area contributed by atoms with Gasteiger partial charge in [-0.2, -0.15) is 4.31 Å². The van der Waals surface area contributed by atoms with E-state index in [9.17, 15) is 8.42 Å². The Bertz CT molecular complexity index is 1050. The Kier molecular flexibility index (Phi) is 5.40. The Morgan fingerprint density at radius 3 is 2.46 bits per heavy atom. The number of hydrogen-bond donors (Lipinski definition) is 0. The molecule has 0 saturated carbocycles. The van der Waals surface area contributed by atoms with Crippen molar-refractivity contribution in [1.29, 1.82) is 0 Å². The van der Waals surface area contributed by atoms with Gasteiger partial charge < -0.3 is 4.52 Å². The molecule has 7 heteroatoms. The summed E-state index contributed by atoms with van der Waals surface area (Å²) in [6.45, 7) is 4.97. The number of rotatable bonds is 5. The maximum atomic E-state index is 13.1. The fraction of sp³-hybridized carbons (Fsp3) is 0.381. The van der Waals surface area contributed by atoms with Gasteiger partial charge in [-0.05, 0) is 56.7 Å². The molecule has 0 radical (unpaired) electrons. The molecule has 148 valence electrons. The van der Waals surface area contributed by atoms with Crippen LogP contribution in [-0.4, -0.2) is 31.0 Å². The molecule has 1 fully saturated rings. The maximum absolute atomic E-state index is 13.1. The molecule has 2 aromatic heterocycles. The van der Waals surface area contributed by atoms with Crippen LogP contribution in [0.2, 0.25) is 0 Å². The summed E-state index contributed by atoms with van der Waals surface area (Å²) in [5, 5.41) is 3.97. The van der Waals surface area contributed by atoms with Crippen LogP contribution in [0.3, 0.4) is 0 Å². The Hall–Kier alpha value is -1.96. The number of benzene rings is 1. The van der Waals surface area contributed by atoms with Crippen molar-refractivity contribution in [3.8, 4) is 10.6 Å². The predicted octanol–water partition coefficient (Wildman–Crippen LogP) is 4.66. The third-order valence-corrected chi connectivity index (χ3v) is 8.95. The number of aryl methyl sites for hydroxylation is 1. The molecule has 0 amide bonds. The van der Waals surface area contributed by atoms with Crippen LogP contribution in [0.5, 0.6) is 0 Å². The quantitative estimate of drug-likeness (QED) is 0.607. The van der Waals surface area contributed by atoms with E-state index in [-0.39, 0.29) is 0 Å². The first-order chi connectivity index (χ1) is 13.4. The molecule has 3 heterocycles. The summed E-state index contributed by atoms with van der Waals surface area (Å²) in [6, 6.07) is 13.9. The minimum atomic E-state index is -3.46. The molecular formula is C21H24N2O3S2. The van der Waals surface area contributed by atoms with E-state index in [0.717, 1.165) is 35.4 Å². The lowest BCUT2D eigenvalue weighted by Gasteiger charge is -2.30. The number of thiophene rings is 1. The van der Waals surface area contributed by atoms with Crippen molar-refractivity contribution < 1.29 is 12.9 Å². The zero-order valence-corrected chi connectivity index (χ0v) is 17.7. The molecule has 1 aliphatic heterocycles. The normalized spacial score (nSPS) is 16.5. The van der Waals surface area contributed by atoms with E-state index in [1.54, 1.807) is 10.4 Å². The van der Waals surface area contributed by atoms with E-state index in [2.05, 4.69) is 29.4 Å². The van der Waals surface area contributed by atoms with E-state index >= 15 is 0 Å². The summed E-state index contributed by atoms with van der Waals surface area (Å²) in [4.78, 5) is 0.802.